The van der Waals surface area contributed by atoms with Crippen LogP contribution in [0, 0.1) is 0 Å². The van der Waals surface area contributed by atoms with E-state index in [1.807, 2.05) is 11.8 Å². The summed E-state index contributed by atoms with van der Waals surface area (Å²) in [5.74, 6) is -0.906. The maximum Gasteiger partial charge on any atom is 0.317 e. The minimum Gasteiger partial charge on any atom is -0.480 e. The summed E-state index contributed by atoms with van der Waals surface area (Å²) in [4.78, 5) is 41.8. The molecule has 0 unspecified atom stereocenters. The van der Waals surface area contributed by atoms with Crippen molar-refractivity contribution in [3.63, 3.8) is 0 Å². The summed E-state index contributed by atoms with van der Waals surface area (Å²) in [5, 5.41) is 8.89. The molecule has 23 heavy (non-hydrogen) atoms. The summed E-state index contributed by atoms with van der Waals surface area (Å²) >= 11 is 0. The number of piperazine rings is 1. The molecule has 0 aromatic heterocycles. The molecule has 1 rings (SSSR count). The molecule has 8 heteroatoms. The Morgan fingerprint density at radius 3 is 2.13 bits per heavy atom. The van der Waals surface area contributed by atoms with Crippen LogP contribution < -0.4 is 0 Å². The van der Waals surface area contributed by atoms with Crippen molar-refractivity contribution in [2.24, 2.45) is 0 Å². The highest BCUT2D eigenvalue weighted by atomic mass is 16.4. The number of likely N-dealkylation sites (N-methyl/N-ethyl adjacent to an activating group) is 1. The third-order valence-electron chi connectivity index (χ3n) is 3.84. The van der Waals surface area contributed by atoms with Gasteiger partial charge in [-0.1, -0.05) is 6.92 Å². The van der Waals surface area contributed by atoms with Crippen molar-refractivity contribution >= 4 is 17.8 Å². The summed E-state index contributed by atoms with van der Waals surface area (Å²) in [6, 6.07) is 0. The Kier molecular flexibility index (Phi) is 7.97. The van der Waals surface area contributed by atoms with Gasteiger partial charge >= 0.3 is 5.97 Å². The Bertz CT molecular complexity index is 420. The first kappa shape index (κ1) is 19.4. The van der Waals surface area contributed by atoms with E-state index in [2.05, 4.69) is 0 Å². The van der Waals surface area contributed by atoms with E-state index < -0.39 is 5.97 Å². The van der Waals surface area contributed by atoms with Crippen LogP contribution in [0.15, 0.2) is 0 Å². The van der Waals surface area contributed by atoms with E-state index in [1.165, 1.54) is 0 Å². The summed E-state index contributed by atoms with van der Waals surface area (Å²) in [6.45, 7) is 5.42. The molecule has 1 fully saturated rings. The largest absolute Gasteiger partial charge is 0.480 e. The molecule has 0 aromatic rings. The van der Waals surface area contributed by atoms with Crippen molar-refractivity contribution in [3.8, 4) is 0 Å². The lowest BCUT2D eigenvalue weighted by atomic mass is 10.3. The Hall–Kier alpha value is -1.67. The Morgan fingerprint density at radius 1 is 1.04 bits per heavy atom. The number of hydrogen-bond donors (Lipinski definition) is 1. The molecule has 1 aliphatic heterocycles. The molecule has 2 amide bonds. The fourth-order valence-corrected chi connectivity index (χ4v) is 2.50. The van der Waals surface area contributed by atoms with Crippen LogP contribution in [0.3, 0.4) is 0 Å². The maximum atomic E-state index is 12.3. The minimum atomic E-state index is -0.918. The van der Waals surface area contributed by atoms with Crippen molar-refractivity contribution in [3.05, 3.63) is 0 Å². The molecule has 0 saturated carbocycles. The molecule has 1 aliphatic rings. The predicted octanol–water partition coefficient (Wildman–Crippen LogP) is -0.985. The van der Waals surface area contributed by atoms with Gasteiger partial charge in [0.1, 0.15) is 0 Å². The molecule has 8 nitrogen and oxygen atoms in total. The zero-order valence-electron chi connectivity index (χ0n) is 14.3. The molecule has 0 aliphatic carbocycles. The lowest BCUT2D eigenvalue weighted by Crippen LogP contribution is -2.53. The standard InChI is InChI=1S/C15H28N4O4/c1-4-5-18(12-15(22)23)11-14(21)19-8-6-17(7-9-19)10-13(20)16(2)3/h4-12H2,1-3H3,(H,22,23). The van der Waals surface area contributed by atoms with E-state index in [0.717, 1.165) is 6.42 Å². The number of hydrogen-bond acceptors (Lipinski definition) is 5. The first-order valence-corrected chi connectivity index (χ1v) is 7.98. The van der Waals surface area contributed by atoms with Gasteiger partial charge in [-0.2, -0.15) is 0 Å². The van der Waals surface area contributed by atoms with Crippen LogP contribution in [0.1, 0.15) is 13.3 Å². The SMILES string of the molecule is CCCN(CC(=O)O)CC(=O)N1CCN(CC(=O)N(C)C)CC1. The summed E-state index contributed by atoms with van der Waals surface area (Å²) in [6.07, 6.45) is 0.807. The maximum absolute atomic E-state index is 12.3. The smallest absolute Gasteiger partial charge is 0.317 e. The normalized spacial score (nSPS) is 15.7. The second-order valence-electron chi connectivity index (χ2n) is 6.05. The number of aliphatic carboxylic acids is 1. The second-order valence-corrected chi connectivity index (χ2v) is 6.05. The van der Waals surface area contributed by atoms with E-state index in [-0.39, 0.29) is 24.9 Å². The number of amides is 2. The van der Waals surface area contributed by atoms with E-state index >= 15 is 0 Å². The Morgan fingerprint density at radius 2 is 1.65 bits per heavy atom. The Balaban J connectivity index is 2.41. The Labute approximate surface area is 137 Å². The van der Waals surface area contributed by atoms with Gasteiger partial charge in [0.25, 0.3) is 0 Å². The highest BCUT2D eigenvalue weighted by Gasteiger charge is 2.24. The lowest BCUT2D eigenvalue weighted by molar-refractivity contribution is -0.140. The molecule has 0 atom stereocenters. The fourth-order valence-electron chi connectivity index (χ4n) is 2.50. The van der Waals surface area contributed by atoms with E-state index in [0.29, 0.717) is 39.3 Å². The number of carbonyl (C=O) groups is 3. The highest BCUT2D eigenvalue weighted by molar-refractivity contribution is 5.79. The molecule has 0 aromatic carbocycles. The van der Waals surface area contributed by atoms with Gasteiger partial charge in [-0.15, -0.1) is 0 Å². The van der Waals surface area contributed by atoms with Crippen LogP contribution in [0.5, 0.6) is 0 Å². The third-order valence-corrected chi connectivity index (χ3v) is 3.84. The molecular weight excluding hydrogens is 300 g/mol. The van der Waals surface area contributed by atoms with Gasteiger partial charge in [0, 0.05) is 40.3 Å². The van der Waals surface area contributed by atoms with Crippen molar-refractivity contribution in [2.75, 3.05) is 66.5 Å². The van der Waals surface area contributed by atoms with Crippen LogP contribution in [0.4, 0.5) is 0 Å². The van der Waals surface area contributed by atoms with E-state index in [1.54, 1.807) is 28.8 Å². The number of carbonyl (C=O) groups excluding carboxylic acids is 2. The molecule has 132 valence electrons. The van der Waals surface area contributed by atoms with Gasteiger partial charge < -0.3 is 14.9 Å². The lowest BCUT2D eigenvalue weighted by Gasteiger charge is -2.35. The first-order valence-electron chi connectivity index (χ1n) is 7.98. The van der Waals surface area contributed by atoms with E-state index in [9.17, 15) is 14.4 Å². The van der Waals surface area contributed by atoms with Gasteiger partial charge in [0.15, 0.2) is 0 Å². The van der Waals surface area contributed by atoms with Gasteiger partial charge in [0.2, 0.25) is 11.8 Å². The number of rotatable bonds is 8. The quantitative estimate of drug-likeness (QED) is 0.616. The zero-order chi connectivity index (χ0) is 17.4. The summed E-state index contributed by atoms with van der Waals surface area (Å²) in [7, 11) is 3.46. The molecular formula is C15H28N4O4. The van der Waals surface area contributed by atoms with Gasteiger partial charge in [0.05, 0.1) is 19.6 Å². The zero-order valence-corrected chi connectivity index (χ0v) is 14.3. The number of carboxylic acid groups (broad SMARTS) is 1. The van der Waals surface area contributed by atoms with Crippen molar-refractivity contribution < 1.29 is 19.5 Å². The topological polar surface area (TPSA) is 84.4 Å². The van der Waals surface area contributed by atoms with Crippen LogP contribution in [-0.4, -0.2) is 109 Å². The fraction of sp³-hybridized carbons (Fsp3) is 0.800. The minimum absolute atomic E-state index is 0.0433. The van der Waals surface area contributed by atoms with Crippen LogP contribution >= 0.6 is 0 Å². The summed E-state index contributed by atoms with van der Waals surface area (Å²) < 4.78 is 0. The monoisotopic (exact) mass is 328 g/mol. The van der Waals surface area contributed by atoms with Crippen LogP contribution in [-0.2, 0) is 14.4 Å². The van der Waals surface area contributed by atoms with Crippen molar-refractivity contribution in [2.45, 2.75) is 13.3 Å². The molecule has 0 radical (unpaired) electrons. The molecule has 1 N–H and O–H groups in total. The molecule has 1 saturated heterocycles. The van der Waals surface area contributed by atoms with Crippen LogP contribution in [0.2, 0.25) is 0 Å². The average Bonchev–Trinajstić information content (AvgIpc) is 2.47. The third kappa shape index (κ3) is 6.96. The first-order chi connectivity index (χ1) is 10.8. The summed E-state index contributed by atoms with van der Waals surface area (Å²) in [5.41, 5.74) is 0. The molecule has 0 spiro atoms. The second kappa shape index (κ2) is 9.46. The molecule has 1 heterocycles. The van der Waals surface area contributed by atoms with Gasteiger partial charge in [-0.3, -0.25) is 24.2 Å². The van der Waals surface area contributed by atoms with E-state index in [4.69, 9.17) is 5.11 Å². The van der Waals surface area contributed by atoms with Gasteiger partial charge in [-0.05, 0) is 13.0 Å². The predicted molar refractivity (Wildman–Crippen MR) is 86.1 cm³/mol. The van der Waals surface area contributed by atoms with Gasteiger partial charge in [-0.25, -0.2) is 0 Å². The number of nitrogens with zero attached hydrogens (tertiary/aromatic N) is 4. The number of carboxylic acids is 1. The average molecular weight is 328 g/mol. The van der Waals surface area contributed by atoms with Crippen LogP contribution in [0.25, 0.3) is 0 Å². The van der Waals surface area contributed by atoms with Crippen molar-refractivity contribution in [1.82, 2.24) is 19.6 Å². The highest BCUT2D eigenvalue weighted by Crippen LogP contribution is 2.04. The molecule has 0 bridgehead atoms. The van der Waals surface area contributed by atoms with Crippen molar-refractivity contribution in [1.29, 1.82) is 0 Å².